The molecule has 0 bridgehead atoms. The normalized spacial score (nSPS) is 11.9. The summed E-state index contributed by atoms with van der Waals surface area (Å²) in [4.78, 5) is 23.6. The van der Waals surface area contributed by atoms with Gasteiger partial charge in [-0.25, -0.2) is 17.6 Å². The van der Waals surface area contributed by atoms with Crippen molar-refractivity contribution >= 4 is 11.9 Å². The molecule has 1 aromatic heterocycles. The van der Waals surface area contributed by atoms with Crippen molar-refractivity contribution < 1.29 is 37.4 Å². The number of hydrogen-bond acceptors (Lipinski definition) is 4. The summed E-state index contributed by atoms with van der Waals surface area (Å²) in [5.74, 6) is -7.28. The van der Waals surface area contributed by atoms with E-state index < -0.39 is 64.7 Å². The topological polar surface area (TPSA) is 104 Å². The fourth-order valence-corrected chi connectivity index (χ4v) is 2.79. The predicted molar refractivity (Wildman–Crippen MR) is 94.0 cm³/mol. The van der Waals surface area contributed by atoms with Crippen LogP contribution in [-0.2, 0) is 4.79 Å². The Morgan fingerprint density at radius 1 is 1.03 bits per heavy atom. The third kappa shape index (κ3) is 4.24. The van der Waals surface area contributed by atoms with Crippen LogP contribution in [0.4, 0.5) is 17.6 Å². The molecule has 1 heterocycles. The number of rotatable bonds is 6. The number of aromatic hydroxyl groups is 1. The average Bonchev–Trinajstić information content (AvgIpc) is 3.02. The lowest BCUT2D eigenvalue weighted by Crippen LogP contribution is -2.31. The summed E-state index contributed by atoms with van der Waals surface area (Å²) < 4.78 is 55.7. The second kappa shape index (κ2) is 8.23. The van der Waals surface area contributed by atoms with Crippen LogP contribution in [0.2, 0.25) is 0 Å². The zero-order valence-corrected chi connectivity index (χ0v) is 14.9. The Labute approximate surface area is 166 Å². The smallest absolute Gasteiger partial charge is 0.305 e. The van der Waals surface area contributed by atoms with Crippen LogP contribution >= 0.6 is 0 Å². The molecule has 0 spiro atoms. The second-order valence-corrected chi connectivity index (χ2v) is 6.15. The van der Waals surface area contributed by atoms with Crippen LogP contribution in [0.25, 0.3) is 5.69 Å². The van der Waals surface area contributed by atoms with Crippen molar-refractivity contribution in [2.75, 3.05) is 0 Å². The molecule has 30 heavy (non-hydrogen) atoms. The zero-order valence-electron chi connectivity index (χ0n) is 14.9. The molecule has 3 rings (SSSR count). The number of nitrogens with one attached hydrogen (secondary N) is 1. The Hall–Kier alpha value is -3.89. The van der Waals surface area contributed by atoms with Gasteiger partial charge < -0.3 is 15.5 Å². The Bertz CT molecular complexity index is 1110. The molecular weight excluding hydrogens is 410 g/mol. The maximum absolute atomic E-state index is 14.1. The molecule has 3 N–H and O–H groups in total. The quantitative estimate of drug-likeness (QED) is 0.529. The SMILES string of the molecule is O=C(O)C[C@H](NC(=O)c1cc(O)n(-c2ccc(F)cc2F)n1)c1c(F)cccc1F. The number of carboxylic acid groups (broad SMARTS) is 1. The van der Waals surface area contributed by atoms with Gasteiger partial charge in [-0.15, -0.1) is 0 Å². The van der Waals surface area contributed by atoms with Crippen molar-refractivity contribution in [1.29, 1.82) is 0 Å². The third-order valence-corrected chi connectivity index (χ3v) is 4.09. The number of carbonyl (C=O) groups is 2. The number of amides is 1. The van der Waals surface area contributed by atoms with Crippen LogP contribution in [0.5, 0.6) is 5.88 Å². The fourth-order valence-electron chi connectivity index (χ4n) is 2.79. The van der Waals surface area contributed by atoms with Gasteiger partial charge in [0.25, 0.3) is 5.91 Å². The highest BCUT2D eigenvalue weighted by atomic mass is 19.1. The van der Waals surface area contributed by atoms with Gasteiger partial charge in [0.1, 0.15) is 23.1 Å². The molecular formula is C19H13F4N3O4. The first-order valence-corrected chi connectivity index (χ1v) is 8.38. The van der Waals surface area contributed by atoms with E-state index in [1.54, 1.807) is 0 Å². The number of aliphatic carboxylic acids is 1. The van der Waals surface area contributed by atoms with Crippen LogP contribution in [0.1, 0.15) is 28.5 Å². The summed E-state index contributed by atoms with van der Waals surface area (Å²) in [5.41, 5.74) is -1.53. The first kappa shape index (κ1) is 20.8. The van der Waals surface area contributed by atoms with E-state index in [0.29, 0.717) is 10.7 Å². The molecule has 11 heteroatoms. The van der Waals surface area contributed by atoms with Crippen molar-refractivity contribution in [2.45, 2.75) is 12.5 Å². The van der Waals surface area contributed by atoms with Crippen LogP contribution in [0.3, 0.4) is 0 Å². The molecule has 156 valence electrons. The largest absolute Gasteiger partial charge is 0.493 e. The van der Waals surface area contributed by atoms with E-state index >= 15 is 0 Å². The van der Waals surface area contributed by atoms with Gasteiger partial charge >= 0.3 is 5.97 Å². The van der Waals surface area contributed by atoms with Crippen LogP contribution < -0.4 is 5.32 Å². The Kier molecular flexibility index (Phi) is 5.72. The minimum atomic E-state index is -1.59. The van der Waals surface area contributed by atoms with Crippen molar-refractivity contribution in [3.63, 3.8) is 0 Å². The minimum Gasteiger partial charge on any atom is -0.493 e. The second-order valence-electron chi connectivity index (χ2n) is 6.15. The van der Waals surface area contributed by atoms with Gasteiger partial charge in [-0.1, -0.05) is 6.07 Å². The molecule has 0 fully saturated rings. The molecule has 1 amide bonds. The number of aromatic nitrogens is 2. The van der Waals surface area contributed by atoms with Crippen molar-refractivity contribution in [1.82, 2.24) is 15.1 Å². The Balaban J connectivity index is 1.93. The average molecular weight is 423 g/mol. The van der Waals surface area contributed by atoms with E-state index in [4.69, 9.17) is 5.11 Å². The summed E-state index contributed by atoms with van der Waals surface area (Å²) in [7, 11) is 0. The van der Waals surface area contributed by atoms with E-state index in [0.717, 1.165) is 36.4 Å². The van der Waals surface area contributed by atoms with E-state index in [2.05, 4.69) is 10.4 Å². The summed E-state index contributed by atoms with van der Waals surface area (Å²) in [6, 6.07) is 4.53. The molecule has 0 aliphatic carbocycles. The maximum atomic E-state index is 14.1. The maximum Gasteiger partial charge on any atom is 0.305 e. The molecule has 0 radical (unpaired) electrons. The lowest BCUT2D eigenvalue weighted by Gasteiger charge is -2.18. The van der Waals surface area contributed by atoms with Crippen LogP contribution in [0.15, 0.2) is 42.5 Å². The number of carbonyl (C=O) groups excluding carboxylic acids is 1. The first-order valence-electron chi connectivity index (χ1n) is 8.38. The molecule has 0 saturated carbocycles. The molecule has 1 atom stereocenters. The Morgan fingerprint density at radius 2 is 1.70 bits per heavy atom. The van der Waals surface area contributed by atoms with Gasteiger partial charge in [0.05, 0.1) is 12.5 Å². The number of carboxylic acids is 1. The third-order valence-electron chi connectivity index (χ3n) is 4.09. The molecule has 0 unspecified atom stereocenters. The van der Waals surface area contributed by atoms with Gasteiger partial charge in [-0.2, -0.15) is 9.78 Å². The van der Waals surface area contributed by atoms with E-state index in [1.165, 1.54) is 0 Å². The van der Waals surface area contributed by atoms with Crippen LogP contribution in [0, 0.1) is 23.3 Å². The van der Waals surface area contributed by atoms with Gasteiger partial charge in [0.2, 0.25) is 5.88 Å². The highest BCUT2D eigenvalue weighted by molar-refractivity contribution is 5.93. The summed E-state index contributed by atoms with van der Waals surface area (Å²) in [5, 5.41) is 24.8. The molecule has 0 aliphatic rings. The van der Waals surface area contributed by atoms with Gasteiger partial charge in [-0.05, 0) is 24.3 Å². The summed E-state index contributed by atoms with van der Waals surface area (Å²) >= 11 is 0. The molecule has 7 nitrogen and oxygen atoms in total. The number of nitrogens with zero attached hydrogens (tertiary/aromatic N) is 2. The molecule has 0 aliphatic heterocycles. The van der Waals surface area contributed by atoms with E-state index in [1.807, 2.05) is 0 Å². The first-order chi connectivity index (χ1) is 14.2. The van der Waals surface area contributed by atoms with Gasteiger partial charge in [0.15, 0.2) is 11.5 Å². The van der Waals surface area contributed by atoms with Crippen molar-refractivity contribution in [3.8, 4) is 11.6 Å². The number of benzene rings is 2. The fraction of sp³-hybridized carbons (Fsp3) is 0.105. The molecule has 0 saturated heterocycles. The van der Waals surface area contributed by atoms with Gasteiger partial charge in [0, 0.05) is 17.7 Å². The van der Waals surface area contributed by atoms with E-state index in [9.17, 15) is 32.3 Å². The monoisotopic (exact) mass is 423 g/mol. The molecule has 2 aromatic carbocycles. The number of hydrogen-bond donors (Lipinski definition) is 3. The standard InChI is InChI=1S/C19H13F4N3O4/c20-9-4-5-15(12(23)6-9)26-16(27)7-14(25-26)19(30)24-13(8-17(28)29)18-10(21)2-1-3-11(18)22/h1-7,13,27H,8H2,(H,24,30)(H,28,29)/t13-/m0/s1. The summed E-state index contributed by atoms with van der Waals surface area (Å²) in [6.45, 7) is 0. The predicted octanol–water partition coefficient (Wildman–Crippen LogP) is 3.08. The Morgan fingerprint density at radius 3 is 2.30 bits per heavy atom. The van der Waals surface area contributed by atoms with E-state index in [-0.39, 0.29) is 5.69 Å². The highest BCUT2D eigenvalue weighted by Crippen LogP contribution is 2.25. The van der Waals surface area contributed by atoms with Crippen molar-refractivity contribution in [2.24, 2.45) is 0 Å². The lowest BCUT2D eigenvalue weighted by atomic mass is 10.0. The summed E-state index contributed by atoms with van der Waals surface area (Å²) in [6.07, 6.45) is -0.844. The number of halogens is 4. The highest BCUT2D eigenvalue weighted by Gasteiger charge is 2.26. The molecule has 3 aromatic rings. The minimum absolute atomic E-state index is 0.366. The lowest BCUT2D eigenvalue weighted by molar-refractivity contribution is -0.137. The zero-order chi connectivity index (χ0) is 22.0. The van der Waals surface area contributed by atoms with Crippen molar-refractivity contribution in [3.05, 3.63) is 77.0 Å². The van der Waals surface area contributed by atoms with Crippen LogP contribution in [-0.4, -0.2) is 31.9 Å². The van der Waals surface area contributed by atoms with Gasteiger partial charge in [-0.3, -0.25) is 9.59 Å².